The zero-order chi connectivity index (χ0) is 22.8. The van der Waals surface area contributed by atoms with E-state index in [1.807, 2.05) is 28.2 Å². The molecule has 2 atom stereocenters. The lowest BCUT2D eigenvalue weighted by molar-refractivity contribution is -0.130. The Kier molecular flexibility index (Phi) is 6.56. The van der Waals surface area contributed by atoms with Crippen molar-refractivity contribution in [2.75, 3.05) is 43.9 Å². The van der Waals surface area contributed by atoms with E-state index in [1.165, 1.54) is 11.3 Å². The zero-order valence-electron chi connectivity index (χ0n) is 19.3. The van der Waals surface area contributed by atoms with E-state index in [1.54, 1.807) is 5.01 Å². The third-order valence-corrected chi connectivity index (χ3v) is 6.60. The number of benzene rings is 2. The Hall–Kier alpha value is -2.79. The summed E-state index contributed by atoms with van der Waals surface area (Å²) >= 11 is 5.97. The topological polar surface area (TPSA) is 39.1 Å². The second kappa shape index (κ2) is 9.37. The van der Waals surface area contributed by atoms with Gasteiger partial charge in [-0.15, -0.1) is 11.6 Å². The Bertz CT molecular complexity index is 1020. The van der Waals surface area contributed by atoms with Gasteiger partial charge in [-0.3, -0.25) is 4.79 Å². The van der Waals surface area contributed by atoms with Crippen LogP contribution in [0.15, 0.2) is 59.2 Å². The number of halogens is 1. The van der Waals surface area contributed by atoms with E-state index < -0.39 is 0 Å². The van der Waals surface area contributed by atoms with Crippen LogP contribution >= 0.6 is 11.6 Å². The standard InChI is InChI=1S/C26H31ClN4O/c1-29(2)21-12-8-18(9-13-21)16-20-6-5-7-23-25(20)28-31(24(32)17-27)26(23)19-10-14-22(15-11-19)30(3)4/h8-16,23,26H,5-7,17H2,1-4H3/b20-16+. The molecule has 2 aromatic carbocycles. The number of rotatable bonds is 5. The summed E-state index contributed by atoms with van der Waals surface area (Å²) in [7, 11) is 8.14. The molecule has 6 heteroatoms. The van der Waals surface area contributed by atoms with E-state index in [2.05, 4.69) is 64.4 Å². The van der Waals surface area contributed by atoms with Gasteiger partial charge >= 0.3 is 0 Å². The van der Waals surface area contributed by atoms with Crippen LogP contribution < -0.4 is 9.80 Å². The van der Waals surface area contributed by atoms with Crippen LogP contribution in [0, 0.1) is 5.92 Å². The van der Waals surface area contributed by atoms with E-state index in [9.17, 15) is 4.79 Å². The summed E-state index contributed by atoms with van der Waals surface area (Å²) in [6.45, 7) is 0. The Morgan fingerprint density at radius 1 is 1.03 bits per heavy atom. The molecule has 4 rings (SSSR count). The first-order chi connectivity index (χ1) is 15.4. The van der Waals surface area contributed by atoms with E-state index in [0.717, 1.165) is 41.8 Å². The maximum atomic E-state index is 12.7. The lowest BCUT2D eigenvalue weighted by atomic mass is 9.77. The highest BCUT2D eigenvalue weighted by Crippen LogP contribution is 2.44. The van der Waals surface area contributed by atoms with E-state index in [0.29, 0.717) is 0 Å². The number of hydrogen-bond acceptors (Lipinski definition) is 4. The van der Waals surface area contributed by atoms with Gasteiger partial charge in [-0.1, -0.05) is 24.3 Å². The smallest absolute Gasteiger partial charge is 0.258 e. The van der Waals surface area contributed by atoms with Crippen LogP contribution in [0.1, 0.15) is 36.4 Å². The third-order valence-electron chi connectivity index (χ3n) is 6.37. The fourth-order valence-corrected chi connectivity index (χ4v) is 4.76. The summed E-state index contributed by atoms with van der Waals surface area (Å²) in [5.41, 5.74) is 6.82. The van der Waals surface area contributed by atoms with Gasteiger partial charge in [-0.05, 0) is 66.3 Å². The first-order valence-corrected chi connectivity index (χ1v) is 11.6. The Morgan fingerprint density at radius 3 is 2.19 bits per heavy atom. The maximum absolute atomic E-state index is 12.7. The number of hydrogen-bond donors (Lipinski definition) is 0. The molecule has 32 heavy (non-hydrogen) atoms. The van der Waals surface area contributed by atoms with Crippen molar-refractivity contribution in [3.63, 3.8) is 0 Å². The molecule has 0 saturated heterocycles. The number of anilines is 2. The van der Waals surface area contributed by atoms with Crippen molar-refractivity contribution in [1.82, 2.24) is 5.01 Å². The number of alkyl halides is 1. The number of hydrazone groups is 1. The molecule has 2 aromatic rings. The minimum absolute atomic E-state index is 0.0686. The Morgan fingerprint density at radius 2 is 1.62 bits per heavy atom. The van der Waals surface area contributed by atoms with Gasteiger partial charge in [0.1, 0.15) is 5.88 Å². The van der Waals surface area contributed by atoms with Crippen LogP contribution in [0.4, 0.5) is 11.4 Å². The van der Waals surface area contributed by atoms with Crippen LogP contribution in [0.25, 0.3) is 6.08 Å². The van der Waals surface area contributed by atoms with Gasteiger partial charge < -0.3 is 9.80 Å². The van der Waals surface area contributed by atoms with Crippen molar-refractivity contribution >= 4 is 40.7 Å². The molecule has 1 saturated carbocycles. The van der Waals surface area contributed by atoms with Crippen molar-refractivity contribution in [3.8, 4) is 0 Å². The molecule has 1 fully saturated rings. The quantitative estimate of drug-likeness (QED) is 0.589. The summed E-state index contributed by atoms with van der Waals surface area (Å²) in [5.74, 6) is -0.0285. The van der Waals surface area contributed by atoms with Crippen molar-refractivity contribution in [2.24, 2.45) is 11.0 Å². The van der Waals surface area contributed by atoms with Gasteiger partial charge in [0, 0.05) is 45.5 Å². The molecule has 1 heterocycles. The minimum atomic E-state index is -0.148. The highest BCUT2D eigenvalue weighted by atomic mass is 35.5. The lowest BCUT2D eigenvalue weighted by Gasteiger charge is -2.29. The number of allylic oxidation sites excluding steroid dienone is 1. The van der Waals surface area contributed by atoms with Crippen LogP contribution in [0.5, 0.6) is 0 Å². The number of carbonyl (C=O) groups excluding carboxylic acids is 1. The predicted molar refractivity (Wildman–Crippen MR) is 135 cm³/mol. The SMILES string of the molecule is CN(C)c1ccc(/C=C2\CCCC3C2=NN(C(=O)CCl)C3c2ccc(N(C)C)cc2)cc1. The summed E-state index contributed by atoms with van der Waals surface area (Å²) < 4.78 is 0. The molecule has 1 aliphatic carbocycles. The van der Waals surface area contributed by atoms with Gasteiger partial charge in [0.05, 0.1) is 11.8 Å². The molecular formula is C26H31ClN4O. The van der Waals surface area contributed by atoms with Crippen LogP contribution in [0.2, 0.25) is 0 Å². The first-order valence-electron chi connectivity index (χ1n) is 11.1. The fourth-order valence-electron chi connectivity index (χ4n) is 4.64. The normalized spacial score (nSPS) is 21.3. The highest BCUT2D eigenvalue weighted by Gasteiger charge is 2.43. The molecule has 0 spiro atoms. The molecule has 168 valence electrons. The van der Waals surface area contributed by atoms with E-state index in [-0.39, 0.29) is 23.7 Å². The van der Waals surface area contributed by atoms with Crippen LogP contribution in [-0.2, 0) is 4.79 Å². The van der Waals surface area contributed by atoms with Crippen molar-refractivity contribution in [2.45, 2.75) is 25.3 Å². The predicted octanol–water partition coefficient (Wildman–Crippen LogP) is 5.18. The zero-order valence-corrected chi connectivity index (χ0v) is 20.0. The Balaban J connectivity index is 1.68. The second-order valence-electron chi connectivity index (χ2n) is 8.94. The molecule has 2 aliphatic rings. The molecule has 0 aromatic heterocycles. The average molecular weight is 451 g/mol. The number of amides is 1. The van der Waals surface area contributed by atoms with E-state index >= 15 is 0 Å². The monoisotopic (exact) mass is 450 g/mol. The van der Waals surface area contributed by atoms with Crippen molar-refractivity contribution < 1.29 is 4.79 Å². The van der Waals surface area contributed by atoms with Gasteiger partial charge in [-0.25, -0.2) is 5.01 Å². The molecule has 1 amide bonds. The summed E-state index contributed by atoms with van der Waals surface area (Å²) in [6.07, 6.45) is 5.30. The fraction of sp³-hybridized carbons (Fsp3) is 0.385. The number of nitrogens with zero attached hydrogens (tertiary/aromatic N) is 4. The number of fused-ring (bicyclic) bond motifs is 1. The average Bonchev–Trinajstić information content (AvgIpc) is 3.19. The number of carbonyl (C=O) groups is 1. The van der Waals surface area contributed by atoms with Crippen LogP contribution in [0.3, 0.4) is 0 Å². The second-order valence-corrected chi connectivity index (χ2v) is 9.21. The largest absolute Gasteiger partial charge is 0.378 e. The summed E-state index contributed by atoms with van der Waals surface area (Å²) in [4.78, 5) is 16.9. The minimum Gasteiger partial charge on any atom is -0.378 e. The molecule has 5 nitrogen and oxygen atoms in total. The van der Waals surface area contributed by atoms with Crippen LogP contribution in [-0.4, -0.2) is 50.7 Å². The van der Waals surface area contributed by atoms with Crippen molar-refractivity contribution in [1.29, 1.82) is 0 Å². The maximum Gasteiger partial charge on any atom is 0.258 e. The van der Waals surface area contributed by atoms with Gasteiger partial charge in [0.2, 0.25) is 0 Å². The Labute approximate surface area is 196 Å². The molecule has 2 unspecified atom stereocenters. The summed E-state index contributed by atoms with van der Waals surface area (Å²) in [5, 5.41) is 6.48. The molecule has 0 radical (unpaired) electrons. The third kappa shape index (κ3) is 4.40. The first kappa shape index (κ1) is 22.4. The van der Waals surface area contributed by atoms with Gasteiger partial charge in [0.25, 0.3) is 5.91 Å². The van der Waals surface area contributed by atoms with Gasteiger partial charge in [-0.2, -0.15) is 5.10 Å². The highest BCUT2D eigenvalue weighted by molar-refractivity contribution is 6.27. The summed E-state index contributed by atoms with van der Waals surface area (Å²) in [6, 6.07) is 16.9. The molecule has 0 bridgehead atoms. The van der Waals surface area contributed by atoms with E-state index in [4.69, 9.17) is 16.7 Å². The van der Waals surface area contributed by atoms with Crippen molar-refractivity contribution in [3.05, 3.63) is 65.2 Å². The van der Waals surface area contributed by atoms with Gasteiger partial charge in [0.15, 0.2) is 0 Å². The molecular weight excluding hydrogens is 420 g/mol. The molecule has 1 aliphatic heterocycles. The lowest BCUT2D eigenvalue weighted by Crippen LogP contribution is -2.32. The molecule has 0 N–H and O–H groups in total.